The molecule has 3 rings (SSSR count). The lowest BCUT2D eigenvalue weighted by atomic mass is 9.79. The fraction of sp³-hybridized carbons (Fsp3) is 0.625. The first kappa shape index (κ1) is 14.6. The first-order valence-electron chi connectivity index (χ1n) is 7.66. The highest BCUT2D eigenvalue weighted by atomic mass is 32.1. The monoisotopic (exact) mass is 306 g/mol. The Bertz CT molecular complexity index is 553. The lowest BCUT2D eigenvalue weighted by molar-refractivity contribution is -0.152. The van der Waals surface area contributed by atoms with Gasteiger partial charge in [0, 0.05) is 9.75 Å². The lowest BCUT2D eigenvalue weighted by Crippen LogP contribution is -2.66. The molecule has 114 valence electrons. The van der Waals surface area contributed by atoms with E-state index in [1.54, 1.807) is 16.2 Å². The van der Waals surface area contributed by atoms with Crippen molar-refractivity contribution in [3.8, 4) is 0 Å². The Balaban J connectivity index is 1.80. The summed E-state index contributed by atoms with van der Waals surface area (Å²) in [6.45, 7) is 4.93. The Morgan fingerprint density at radius 3 is 2.57 bits per heavy atom. The zero-order chi connectivity index (χ0) is 15.0. The van der Waals surface area contributed by atoms with Gasteiger partial charge in [-0.1, -0.05) is 19.3 Å². The van der Waals surface area contributed by atoms with Gasteiger partial charge in [-0.2, -0.15) is 0 Å². The van der Waals surface area contributed by atoms with Gasteiger partial charge in [0.05, 0.1) is 6.54 Å². The van der Waals surface area contributed by atoms with Crippen LogP contribution in [0, 0.1) is 13.8 Å². The van der Waals surface area contributed by atoms with E-state index in [1.165, 1.54) is 15.3 Å². The van der Waals surface area contributed by atoms with Gasteiger partial charge in [-0.25, -0.2) is 0 Å². The van der Waals surface area contributed by atoms with Crippen LogP contribution < -0.4 is 5.32 Å². The Morgan fingerprint density at radius 2 is 1.95 bits per heavy atom. The van der Waals surface area contributed by atoms with E-state index in [2.05, 4.69) is 25.2 Å². The maximum absolute atomic E-state index is 12.9. The summed E-state index contributed by atoms with van der Waals surface area (Å²) < 4.78 is 0. The molecule has 2 aliphatic rings. The number of carbonyl (C=O) groups is 2. The highest BCUT2D eigenvalue weighted by Gasteiger charge is 2.46. The van der Waals surface area contributed by atoms with Crippen molar-refractivity contribution in [1.82, 2.24) is 10.2 Å². The minimum Gasteiger partial charge on any atom is -0.340 e. The smallest absolute Gasteiger partial charge is 0.249 e. The van der Waals surface area contributed by atoms with Gasteiger partial charge in [0.2, 0.25) is 11.8 Å². The number of thiophene rings is 1. The summed E-state index contributed by atoms with van der Waals surface area (Å²) in [5, 5.41) is 2.99. The Labute approximate surface area is 129 Å². The van der Waals surface area contributed by atoms with Gasteiger partial charge in [-0.05, 0) is 38.3 Å². The molecule has 1 spiro atoms. The molecule has 21 heavy (non-hydrogen) atoms. The van der Waals surface area contributed by atoms with Gasteiger partial charge in [-0.15, -0.1) is 11.3 Å². The molecule has 1 aliphatic carbocycles. The molecule has 0 aromatic carbocycles. The molecular formula is C16H22N2O2S. The van der Waals surface area contributed by atoms with Gasteiger partial charge in [0.1, 0.15) is 12.1 Å². The summed E-state index contributed by atoms with van der Waals surface area (Å²) in [7, 11) is 0. The summed E-state index contributed by atoms with van der Waals surface area (Å²) in [6.07, 6.45) is 4.79. The topological polar surface area (TPSA) is 49.4 Å². The van der Waals surface area contributed by atoms with Crippen LogP contribution in [0.5, 0.6) is 0 Å². The number of aryl methyl sites for hydroxylation is 2. The van der Waals surface area contributed by atoms with Gasteiger partial charge in [-0.3, -0.25) is 9.59 Å². The molecule has 1 aromatic heterocycles. The van der Waals surface area contributed by atoms with Crippen molar-refractivity contribution in [3.63, 3.8) is 0 Å². The first-order valence-corrected chi connectivity index (χ1v) is 8.48. The fourth-order valence-corrected chi connectivity index (χ4v) is 4.51. The number of amides is 2. The molecule has 2 amide bonds. The molecule has 0 bridgehead atoms. The zero-order valence-electron chi connectivity index (χ0n) is 12.7. The average Bonchev–Trinajstić information content (AvgIpc) is 2.75. The molecule has 1 saturated carbocycles. The van der Waals surface area contributed by atoms with Crippen LogP contribution in [0.2, 0.25) is 0 Å². The molecule has 1 N–H and O–H groups in total. The SMILES string of the molecule is Cc1cc(CN2CC(=O)NC3(CCCCC3)C2=O)sc1C. The Hall–Kier alpha value is -1.36. The van der Waals surface area contributed by atoms with Gasteiger partial charge in [0.15, 0.2) is 0 Å². The zero-order valence-corrected chi connectivity index (χ0v) is 13.5. The van der Waals surface area contributed by atoms with Crippen LogP contribution in [-0.2, 0) is 16.1 Å². The average molecular weight is 306 g/mol. The first-order chi connectivity index (χ1) is 10.00. The lowest BCUT2D eigenvalue weighted by Gasteiger charge is -2.44. The second-order valence-electron chi connectivity index (χ2n) is 6.30. The van der Waals surface area contributed by atoms with Crippen molar-refractivity contribution in [1.29, 1.82) is 0 Å². The van der Waals surface area contributed by atoms with E-state index < -0.39 is 5.54 Å². The highest BCUT2D eigenvalue weighted by molar-refractivity contribution is 7.12. The Morgan fingerprint density at radius 1 is 1.24 bits per heavy atom. The number of piperazine rings is 1. The molecule has 1 aromatic rings. The van der Waals surface area contributed by atoms with E-state index >= 15 is 0 Å². The number of carbonyl (C=O) groups excluding carboxylic acids is 2. The quantitative estimate of drug-likeness (QED) is 0.913. The largest absolute Gasteiger partial charge is 0.340 e. The number of rotatable bonds is 2. The van der Waals surface area contributed by atoms with Crippen LogP contribution in [0.3, 0.4) is 0 Å². The summed E-state index contributed by atoms with van der Waals surface area (Å²) in [5.41, 5.74) is 0.644. The van der Waals surface area contributed by atoms with Crippen LogP contribution in [-0.4, -0.2) is 28.8 Å². The number of nitrogens with zero attached hydrogens (tertiary/aromatic N) is 1. The molecule has 1 aliphatic heterocycles. The van der Waals surface area contributed by atoms with E-state index in [9.17, 15) is 9.59 Å². The van der Waals surface area contributed by atoms with E-state index in [-0.39, 0.29) is 18.4 Å². The van der Waals surface area contributed by atoms with Gasteiger partial charge >= 0.3 is 0 Å². The van der Waals surface area contributed by atoms with Crippen molar-refractivity contribution in [2.24, 2.45) is 0 Å². The fourth-order valence-electron chi connectivity index (χ4n) is 3.45. The van der Waals surface area contributed by atoms with Crippen LogP contribution >= 0.6 is 11.3 Å². The maximum atomic E-state index is 12.9. The summed E-state index contributed by atoms with van der Waals surface area (Å²) in [4.78, 5) is 29.1. The predicted octanol–water partition coefficient (Wildman–Crippen LogP) is 2.53. The Kier molecular flexibility index (Phi) is 3.78. The van der Waals surface area contributed by atoms with E-state index in [4.69, 9.17) is 0 Å². The van der Waals surface area contributed by atoms with Crippen LogP contribution in [0.4, 0.5) is 0 Å². The number of nitrogens with one attached hydrogen (secondary N) is 1. The summed E-state index contributed by atoms with van der Waals surface area (Å²) in [5.74, 6) is 0.104. The normalized spacial score (nSPS) is 21.7. The van der Waals surface area contributed by atoms with Crippen molar-refractivity contribution in [2.45, 2.75) is 58.0 Å². The minimum absolute atomic E-state index is 0.0125. The van der Waals surface area contributed by atoms with Crippen molar-refractivity contribution in [2.75, 3.05) is 6.54 Å². The molecule has 2 heterocycles. The van der Waals surface area contributed by atoms with Crippen molar-refractivity contribution < 1.29 is 9.59 Å². The third-order valence-electron chi connectivity index (χ3n) is 4.68. The molecule has 1 saturated heterocycles. The minimum atomic E-state index is -0.616. The van der Waals surface area contributed by atoms with Crippen LogP contribution in [0.25, 0.3) is 0 Å². The van der Waals surface area contributed by atoms with Gasteiger partial charge < -0.3 is 10.2 Å². The third kappa shape index (κ3) is 2.71. The predicted molar refractivity (Wildman–Crippen MR) is 83.2 cm³/mol. The molecule has 0 unspecified atom stereocenters. The number of hydrogen-bond acceptors (Lipinski definition) is 3. The highest BCUT2D eigenvalue weighted by Crippen LogP contribution is 2.33. The molecule has 0 radical (unpaired) electrons. The van der Waals surface area contributed by atoms with Crippen molar-refractivity contribution in [3.05, 3.63) is 21.4 Å². The van der Waals surface area contributed by atoms with E-state index in [0.29, 0.717) is 6.54 Å². The third-order valence-corrected chi connectivity index (χ3v) is 5.82. The number of hydrogen-bond donors (Lipinski definition) is 1. The second kappa shape index (κ2) is 5.44. The van der Waals surface area contributed by atoms with Gasteiger partial charge in [0.25, 0.3) is 0 Å². The summed E-state index contributed by atoms with van der Waals surface area (Å²) in [6, 6.07) is 2.13. The molecule has 2 fully saturated rings. The van der Waals surface area contributed by atoms with Crippen LogP contribution in [0.15, 0.2) is 6.07 Å². The molecule has 5 heteroatoms. The molecule has 4 nitrogen and oxygen atoms in total. The standard InChI is InChI=1S/C16H22N2O2S/c1-11-8-13(21-12(11)2)9-18-10-14(19)17-16(15(18)20)6-4-3-5-7-16/h8H,3-7,9-10H2,1-2H3,(H,17,19). The van der Waals surface area contributed by atoms with Crippen molar-refractivity contribution >= 4 is 23.2 Å². The summed E-state index contributed by atoms with van der Waals surface area (Å²) >= 11 is 1.72. The van der Waals surface area contributed by atoms with E-state index in [0.717, 1.165) is 32.1 Å². The molecule has 0 atom stereocenters. The maximum Gasteiger partial charge on any atom is 0.249 e. The second-order valence-corrected chi connectivity index (χ2v) is 7.64. The van der Waals surface area contributed by atoms with E-state index in [1.807, 2.05) is 0 Å². The van der Waals surface area contributed by atoms with Crippen LogP contribution in [0.1, 0.15) is 47.4 Å². The molecular weight excluding hydrogens is 284 g/mol.